The van der Waals surface area contributed by atoms with Gasteiger partial charge in [0, 0.05) is 45.5 Å². The monoisotopic (exact) mass is 455 g/mol. The number of benzene rings is 1. The molecule has 1 heterocycles. The van der Waals surface area contributed by atoms with Crippen molar-refractivity contribution in [3.8, 4) is 6.07 Å². The maximum absolute atomic E-state index is 13.4. The van der Waals surface area contributed by atoms with Gasteiger partial charge < -0.3 is 25.2 Å². The number of hydrogen-bond donors (Lipinski definition) is 2. The van der Waals surface area contributed by atoms with Crippen LogP contribution in [0.3, 0.4) is 0 Å². The van der Waals surface area contributed by atoms with Gasteiger partial charge in [-0.3, -0.25) is 4.79 Å². The molecule has 11 heteroatoms. The first-order valence-corrected chi connectivity index (χ1v) is 10.3. The van der Waals surface area contributed by atoms with Crippen LogP contribution in [-0.4, -0.2) is 69.3 Å². The standard InChI is InChI=1S/C21H28F3N5O3/c1-14(2)12-27-20(31)29-8-7-28(13-18(29)19(30)26-6-9-32-3)16-5-4-15(11-25)17(10-16)21(22,23)24/h4-5,10,14,18H,6-9,12-13H2,1-3H3,(H,26,30)(H,27,31). The summed E-state index contributed by atoms with van der Waals surface area (Å²) in [5.41, 5.74) is -1.27. The number of urea groups is 1. The number of alkyl halides is 3. The lowest BCUT2D eigenvalue weighted by atomic mass is 10.0. The molecule has 1 aliphatic rings. The lowest BCUT2D eigenvalue weighted by Gasteiger charge is -2.41. The highest BCUT2D eigenvalue weighted by molar-refractivity contribution is 5.88. The van der Waals surface area contributed by atoms with Crippen LogP contribution in [0.15, 0.2) is 18.2 Å². The number of halogens is 3. The first-order chi connectivity index (χ1) is 15.1. The quantitative estimate of drug-likeness (QED) is 0.615. The molecule has 1 aromatic carbocycles. The molecule has 1 fully saturated rings. The molecule has 1 atom stereocenters. The van der Waals surface area contributed by atoms with Crippen molar-refractivity contribution < 1.29 is 27.5 Å². The summed E-state index contributed by atoms with van der Waals surface area (Å²) in [6.45, 7) is 5.23. The van der Waals surface area contributed by atoms with Gasteiger partial charge in [-0.1, -0.05) is 13.8 Å². The molecule has 0 saturated carbocycles. The van der Waals surface area contributed by atoms with Crippen LogP contribution in [0.4, 0.5) is 23.7 Å². The minimum atomic E-state index is -4.68. The summed E-state index contributed by atoms with van der Waals surface area (Å²) in [4.78, 5) is 28.5. The van der Waals surface area contributed by atoms with E-state index in [4.69, 9.17) is 10.00 Å². The Labute approximate surface area is 185 Å². The molecule has 1 unspecified atom stereocenters. The Hall–Kier alpha value is -3.00. The Morgan fingerprint density at radius 3 is 2.59 bits per heavy atom. The van der Waals surface area contributed by atoms with E-state index in [1.54, 1.807) is 11.0 Å². The molecule has 176 valence electrons. The number of anilines is 1. The zero-order valence-electron chi connectivity index (χ0n) is 18.3. The van der Waals surface area contributed by atoms with Crippen molar-refractivity contribution in [1.29, 1.82) is 5.26 Å². The summed E-state index contributed by atoms with van der Waals surface area (Å²) < 4.78 is 45.0. The predicted molar refractivity (Wildman–Crippen MR) is 112 cm³/mol. The Balaban J connectivity index is 2.27. The number of rotatable bonds is 7. The molecular weight excluding hydrogens is 427 g/mol. The van der Waals surface area contributed by atoms with E-state index in [1.807, 2.05) is 13.8 Å². The van der Waals surface area contributed by atoms with Gasteiger partial charge in [0.2, 0.25) is 5.91 Å². The van der Waals surface area contributed by atoms with Gasteiger partial charge in [0.15, 0.2) is 0 Å². The minimum Gasteiger partial charge on any atom is -0.383 e. The van der Waals surface area contributed by atoms with Gasteiger partial charge in [-0.05, 0) is 24.1 Å². The second kappa shape index (κ2) is 11.0. The number of nitriles is 1. The van der Waals surface area contributed by atoms with Crippen LogP contribution >= 0.6 is 0 Å². The van der Waals surface area contributed by atoms with Crippen molar-refractivity contribution in [1.82, 2.24) is 15.5 Å². The third-order valence-electron chi connectivity index (χ3n) is 5.00. The number of hydrogen-bond acceptors (Lipinski definition) is 5. The van der Waals surface area contributed by atoms with Gasteiger partial charge >= 0.3 is 12.2 Å². The topological polar surface area (TPSA) is 97.7 Å². The first-order valence-electron chi connectivity index (χ1n) is 10.3. The van der Waals surface area contributed by atoms with Crippen molar-refractivity contribution >= 4 is 17.6 Å². The summed E-state index contributed by atoms with van der Waals surface area (Å²) in [5.74, 6) is -0.204. The van der Waals surface area contributed by atoms with Gasteiger partial charge in [-0.15, -0.1) is 0 Å². The predicted octanol–water partition coefficient (Wildman–Crippen LogP) is 2.20. The van der Waals surface area contributed by atoms with Gasteiger partial charge in [0.05, 0.1) is 23.8 Å². The molecule has 0 aromatic heterocycles. The van der Waals surface area contributed by atoms with Gasteiger partial charge in [0.25, 0.3) is 0 Å². The van der Waals surface area contributed by atoms with Crippen molar-refractivity contribution in [3.63, 3.8) is 0 Å². The number of piperazine rings is 1. The molecule has 0 radical (unpaired) electrons. The van der Waals surface area contributed by atoms with E-state index >= 15 is 0 Å². The van der Waals surface area contributed by atoms with Crippen LogP contribution < -0.4 is 15.5 Å². The van der Waals surface area contributed by atoms with E-state index in [0.29, 0.717) is 6.54 Å². The number of nitrogens with zero attached hydrogens (tertiary/aromatic N) is 3. The second-order valence-corrected chi connectivity index (χ2v) is 7.86. The lowest BCUT2D eigenvalue weighted by Crippen LogP contribution is -2.62. The fraction of sp³-hybridized carbons (Fsp3) is 0.571. The van der Waals surface area contributed by atoms with Crippen molar-refractivity contribution in [3.05, 3.63) is 29.3 Å². The maximum atomic E-state index is 13.4. The van der Waals surface area contributed by atoms with Crippen LogP contribution in [0.5, 0.6) is 0 Å². The van der Waals surface area contributed by atoms with Gasteiger partial charge in [0.1, 0.15) is 6.04 Å². The largest absolute Gasteiger partial charge is 0.417 e. The number of methoxy groups -OCH3 is 1. The van der Waals surface area contributed by atoms with Crippen molar-refractivity contribution in [2.75, 3.05) is 51.3 Å². The molecule has 2 rings (SSSR count). The van der Waals surface area contributed by atoms with Crippen molar-refractivity contribution in [2.24, 2.45) is 5.92 Å². The second-order valence-electron chi connectivity index (χ2n) is 7.86. The third-order valence-corrected chi connectivity index (χ3v) is 5.00. The number of nitrogens with one attached hydrogen (secondary N) is 2. The van der Waals surface area contributed by atoms with E-state index < -0.39 is 35.3 Å². The Kier molecular flexibility index (Phi) is 8.72. The van der Waals surface area contributed by atoms with Crippen LogP contribution in [-0.2, 0) is 15.7 Å². The zero-order chi connectivity index (χ0) is 23.9. The van der Waals surface area contributed by atoms with Crippen LogP contribution in [0, 0.1) is 17.2 Å². The molecule has 2 N–H and O–H groups in total. The van der Waals surface area contributed by atoms with Crippen LogP contribution in [0.1, 0.15) is 25.0 Å². The van der Waals surface area contributed by atoms with E-state index in [9.17, 15) is 22.8 Å². The molecule has 32 heavy (non-hydrogen) atoms. The molecule has 0 bridgehead atoms. The average molecular weight is 455 g/mol. The molecule has 3 amide bonds. The Morgan fingerprint density at radius 2 is 2.00 bits per heavy atom. The highest BCUT2D eigenvalue weighted by Crippen LogP contribution is 2.35. The fourth-order valence-corrected chi connectivity index (χ4v) is 3.33. The average Bonchev–Trinajstić information content (AvgIpc) is 2.76. The summed E-state index contributed by atoms with van der Waals surface area (Å²) in [6.07, 6.45) is -4.68. The molecule has 1 saturated heterocycles. The van der Waals surface area contributed by atoms with E-state index in [0.717, 1.165) is 12.1 Å². The van der Waals surface area contributed by atoms with E-state index in [2.05, 4.69) is 10.6 Å². The number of ether oxygens (including phenoxy) is 1. The summed E-state index contributed by atoms with van der Waals surface area (Å²) in [7, 11) is 1.49. The van der Waals surface area contributed by atoms with Crippen LogP contribution in [0.25, 0.3) is 0 Å². The number of carbonyl (C=O) groups is 2. The molecule has 0 spiro atoms. The Morgan fingerprint density at radius 1 is 1.28 bits per heavy atom. The zero-order valence-corrected chi connectivity index (χ0v) is 18.3. The molecule has 1 aromatic rings. The summed E-state index contributed by atoms with van der Waals surface area (Å²) in [5, 5.41) is 14.5. The van der Waals surface area contributed by atoms with Crippen LogP contribution in [0.2, 0.25) is 0 Å². The molecule has 8 nitrogen and oxygen atoms in total. The summed E-state index contributed by atoms with van der Waals surface area (Å²) >= 11 is 0. The van der Waals surface area contributed by atoms with E-state index in [-0.39, 0.29) is 44.4 Å². The first kappa shape index (κ1) is 25.3. The number of carbonyl (C=O) groups excluding carboxylic acids is 2. The third kappa shape index (κ3) is 6.50. The fourth-order valence-electron chi connectivity index (χ4n) is 3.33. The lowest BCUT2D eigenvalue weighted by molar-refractivity contribution is -0.137. The van der Waals surface area contributed by atoms with Gasteiger partial charge in [-0.2, -0.15) is 18.4 Å². The maximum Gasteiger partial charge on any atom is 0.417 e. The summed E-state index contributed by atoms with van der Waals surface area (Å²) in [6, 6.07) is 3.70. The Bertz CT molecular complexity index is 854. The highest BCUT2D eigenvalue weighted by atomic mass is 19.4. The minimum absolute atomic E-state index is 0.0110. The molecule has 1 aliphatic heterocycles. The van der Waals surface area contributed by atoms with Gasteiger partial charge in [-0.25, -0.2) is 4.79 Å². The van der Waals surface area contributed by atoms with Crippen molar-refractivity contribution in [2.45, 2.75) is 26.1 Å². The highest BCUT2D eigenvalue weighted by Gasteiger charge is 2.37. The SMILES string of the molecule is COCCNC(=O)C1CN(c2ccc(C#N)c(C(F)(F)F)c2)CCN1C(=O)NCC(C)C. The normalized spacial score (nSPS) is 16.6. The molecular formula is C21H28F3N5O3. The van der Waals surface area contributed by atoms with E-state index in [1.165, 1.54) is 18.1 Å². The smallest absolute Gasteiger partial charge is 0.383 e. The number of amides is 3. The molecule has 0 aliphatic carbocycles.